The average Bonchev–Trinajstić information content (AvgIpc) is 2.82. The lowest BCUT2D eigenvalue weighted by molar-refractivity contribution is 0.190. The number of H-pyrrole nitrogens is 1. The maximum atomic E-state index is 11.8. The van der Waals surface area contributed by atoms with Crippen LogP contribution < -0.4 is 15.6 Å². The summed E-state index contributed by atoms with van der Waals surface area (Å²) in [4.78, 5) is 29.8. The second-order valence-corrected chi connectivity index (χ2v) is 5.12. The van der Waals surface area contributed by atoms with Gasteiger partial charge in [0.05, 0.1) is 6.20 Å². The highest BCUT2D eigenvalue weighted by Gasteiger charge is 2.17. The van der Waals surface area contributed by atoms with Crippen molar-refractivity contribution in [1.82, 2.24) is 25.1 Å². The predicted octanol–water partition coefficient (Wildman–Crippen LogP) is 0.842. The molecule has 8 heteroatoms. The minimum atomic E-state index is -0.711. The molecule has 1 amide bonds. The van der Waals surface area contributed by atoms with Crippen molar-refractivity contribution in [1.29, 1.82) is 0 Å². The third-order valence-electron chi connectivity index (χ3n) is 2.15. The summed E-state index contributed by atoms with van der Waals surface area (Å²) >= 11 is 0. The third-order valence-corrected chi connectivity index (χ3v) is 2.15. The number of aromatic nitrogens is 4. The summed E-state index contributed by atoms with van der Waals surface area (Å²) in [7, 11) is 0. The van der Waals surface area contributed by atoms with Crippen molar-refractivity contribution in [2.75, 3.05) is 0 Å². The molecule has 0 spiro atoms. The van der Waals surface area contributed by atoms with Gasteiger partial charge >= 0.3 is 6.09 Å². The van der Waals surface area contributed by atoms with Crippen LogP contribution in [0.3, 0.4) is 0 Å². The molecule has 0 aromatic carbocycles. The maximum absolute atomic E-state index is 11.8. The molecule has 0 fully saturated rings. The Bertz CT molecular complexity index is 654. The van der Waals surface area contributed by atoms with Crippen molar-refractivity contribution in [3.63, 3.8) is 0 Å². The number of rotatable bonds is 2. The Balaban J connectivity index is 2.15. The van der Waals surface area contributed by atoms with E-state index in [1.807, 2.05) is 0 Å². The number of amides is 1. The number of nitrogens with one attached hydrogen (secondary N) is 2. The summed E-state index contributed by atoms with van der Waals surface area (Å²) in [5.74, 6) is 0.0613. The Labute approximate surface area is 114 Å². The lowest BCUT2D eigenvalue weighted by Crippen LogP contribution is -2.42. The van der Waals surface area contributed by atoms with Crippen LogP contribution in [0.4, 0.5) is 4.79 Å². The molecule has 106 valence electrons. The van der Waals surface area contributed by atoms with E-state index in [9.17, 15) is 9.59 Å². The second-order valence-electron chi connectivity index (χ2n) is 5.12. The van der Waals surface area contributed by atoms with Gasteiger partial charge in [-0.1, -0.05) is 0 Å². The van der Waals surface area contributed by atoms with E-state index in [-0.39, 0.29) is 11.7 Å². The largest absolute Gasteiger partial charge is 0.413 e. The number of hydrogen-bond acceptors (Lipinski definition) is 5. The fourth-order valence-corrected chi connectivity index (χ4v) is 1.39. The molecule has 0 radical (unpaired) electrons. The molecule has 2 rings (SSSR count). The monoisotopic (exact) mass is 277 g/mol. The number of carbonyl (C=O) groups is 1. The van der Waals surface area contributed by atoms with Crippen molar-refractivity contribution in [2.45, 2.75) is 26.3 Å². The number of nitrogens with zero attached hydrogens (tertiary/aromatic N) is 3. The molecule has 8 nitrogen and oxygen atoms in total. The molecule has 0 bridgehead atoms. The molecule has 2 aromatic heterocycles. The van der Waals surface area contributed by atoms with Gasteiger partial charge in [0.1, 0.15) is 0 Å². The Kier molecular flexibility index (Phi) is 3.55. The molecule has 20 heavy (non-hydrogen) atoms. The van der Waals surface area contributed by atoms with E-state index in [4.69, 9.17) is 4.74 Å². The number of aromatic amines is 1. The molecule has 2 N–H and O–H groups in total. The lowest BCUT2D eigenvalue weighted by atomic mass is 10.1. The normalized spacial score (nSPS) is 11.2. The van der Waals surface area contributed by atoms with Crippen molar-refractivity contribution in [2.24, 2.45) is 0 Å². The molecular weight excluding hydrogens is 262 g/mol. The van der Waals surface area contributed by atoms with Crippen LogP contribution in [0.2, 0.25) is 0 Å². The molecule has 0 atom stereocenters. The summed E-state index contributed by atoms with van der Waals surface area (Å²) in [5.41, 5.74) is -1.01. The van der Waals surface area contributed by atoms with Gasteiger partial charge in [0.2, 0.25) is 11.7 Å². The molecule has 2 aromatic rings. The highest BCUT2D eigenvalue weighted by molar-refractivity contribution is 5.70. The number of carbonyl (C=O) groups excluding carboxylic acids is 1. The van der Waals surface area contributed by atoms with Crippen LogP contribution in [0.1, 0.15) is 20.8 Å². The predicted molar refractivity (Wildman–Crippen MR) is 70.9 cm³/mol. The van der Waals surface area contributed by atoms with Crippen LogP contribution in [0.15, 0.2) is 29.5 Å². The molecule has 2 heterocycles. The summed E-state index contributed by atoms with van der Waals surface area (Å²) in [6.07, 6.45) is 3.65. The van der Waals surface area contributed by atoms with E-state index in [2.05, 4.69) is 20.4 Å². The maximum Gasteiger partial charge on any atom is 0.413 e. The van der Waals surface area contributed by atoms with Gasteiger partial charge in [-0.2, -0.15) is 5.10 Å². The summed E-state index contributed by atoms with van der Waals surface area (Å²) < 4.78 is 6.30. The van der Waals surface area contributed by atoms with Gasteiger partial charge in [-0.25, -0.2) is 14.5 Å². The second kappa shape index (κ2) is 5.16. The summed E-state index contributed by atoms with van der Waals surface area (Å²) in [5, 5.41) is 6.51. The zero-order chi connectivity index (χ0) is 14.8. The minimum absolute atomic E-state index is 0.178. The van der Waals surface area contributed by atoms with E-state index < -0.39 is 17.2 Å². The number of hydrogen-bond donors (Lipinski definition) is 2. The molecule has 0 unspecified atom stereocenters. The molecule has 0 saturated heterocycles. The first kappa shape index (κ1) is 13.8. The Morgan fingerprint density at radius 1 is 1.45 bits per heavy atom. The first-order valence-electron chi connectivity index (χ1n) is 5.94. The van der Waals surface area contributed by atoms with Crippen LogP contribution in [0, 0.1) is 0 Å². The van der Waals surface area contributed by atoms with Crippen LogP contribution in [-0.2, 0) is 0 Å². The Morgan fingerprint density at radius 2 is 2.20 bits per heavy atom. The highest BCUT2D eigenvalue weighted by Crippen LogP contribution is 2.04. The molecule has 0 aliphatic carbocycles. The standard InChI is InChI=1S/C12H15N5O3/c1-12(2,3)16-11(19)20-8-7-13-10(15-9(8)18)17-6-4-5-14-17/h4-7H,1-3H3,(H,16,19)(H,13,15,18). The van der Waals surface area contributed by atoms with E-state index >= 15 is 0 Å². The van der Waals surface area contributed by atoms with Crippen molar-refractivity contribution in [3.8, 4) is 11.7 Å². The van der Waals surface area contributed by atoms with Crippen molar-refractivity contribution >= 4 is 6.09 Å². The van der Waals surface area contributed by atoms with Crippen LogP contribution in [0.5, 0.6) is 5.75 Å². The topological polar surface area (TPSA) is 102 Å². The van der Waals surface area contributed by atoms with E-state index in [0.29, 0.717) is 0 Å². The molecule has 0 aliphatic heterocycles. The average molecular weight is 277 g/mol. The first-order valence-corrected chi connectivity index (χ1v) is 5.94. The van der Waals surface area contributed by atoms with Crippen molar-refractivity contribution in [3.05, 3.63) is 35.0 Å². The fraction of sp³-hybridized carbons (Fsp3) is 0.333. The van der Waals surface area contributed by atoms with E-state index in [1.54, 1.807) is 39.2 Å². The van der Waals surface area contributed by atoms with Crippen LogP contribution >= 0.6 is 0 Å². The fourth-order valence-electron chi connectivity index (χ4n) is 1.39. The minimum Gasteiger partial charge on any atom is -0.403 e. The van der Waals surface area contributed by atoms with Gasteiger partial charge in [-0.15, -0.1) is 0 Å². The Morgan fingerprint density at radius 3 is 2.75 bits per heavy atom. The van der Waals surface area contributed by atoms with Gasteiger partial charge in [0.25, 0.3) is 5.56 Å². The van der Waals surface area contributed by atoms with Crippen LogP contribution in [0.25, 0.3) is 5.95 Å². The quantitative estimate of drug-likeness (QED) is 0.847. The highest BCUT2D eigenvalue weighted by atomic mass is 16.6. The molecule has 0 saturated carbocycles. The van der Waals surface area contributed by atoms with Gasteiger partial charge in [0, 0.05) is 17.9 Å². The molecule has 0 aliphatic rings. The summed E-state index contributed by atoms with van der Waals surface area (Å²) in [6.45, 7) is 5.41. The molecular formula is C12H15N5O3. The smallest absolute Gasteiger partial charge is 0.403 e. The summed E-state index contributed by atoms with van der Waals surface area (Å²) in [6, 6.07) is 1.70. The van der Waals surface area contributed by atoms with Gasteiger partial charge in [-0.05, 0) is 26.8 Å². The Hall–Kier alpha value is -2.64. The van der Waals surface area contributed by atoms with Crippen molar-refractivity contribution < 1.29 is 9.53 Å². The van der Waals surface area contributed by atoms with E-state index in [1.165, 1.54) is 10.9 Å². The van der Waals surface area contributed by atoms with E-state index in [0.717, 1.165) is 0 Å². The van der Waals surface area contributed by atoms with Gasteiger partial charge < -0.3 is 10.1 Å². The lowest BCUT2D eigenvalue weighted by Gasteiger charge is -2.19. The first-order chi connectivity index (χ1) is 9.35. The van der Waals surface area contributed by atoms with Gasteiger partial charge in [-0.3, -0.25) is 9.78 Å². The third kappa shape index (κ3) is 3.44. The van der Waals surface area contributed by atoms with Crippen LogP contribution in [-0.4, -0.2) is 31.4 Å². The SMILES string of the molecule is CC(C)(C)NC(=O)Oc1cnc(-n2cccn2)[nH]c1=O. The zero-order valence-electron chi connectivity index (χ0n) is 11.4. The van der Waals surface area contributed by atoms with Gasteiger partial charge in [0.15, 0.2) is 0 Å². The number of ether oxygens (including phenoxy) is 1. The zero-order valence-corrected chi connectivity index (χ0v) is 11.4.